The summed E-state index contributed by atoms with van der Waals surface area (Å²) < 4.78 is 44.7. The highest BCUT2D eigenvalue weighted by atomic mass is 32.2. The molecule has 2 atom stereocenters. The second-order valence-corrected chi connectivity index (χ2v) is 12.0. The van der Waals surface area contributed by atoms with E-state index in [2.05, 4.69) is 10.1 Å². The standard InChI is InChI=1S/C30H27FN4O3S/c1-19-6-11-25(15-20(19)2)39(37,38)34-14-12-21-17-28-22(18-33-35(28)24-9-7-23(31)8-10-24)16-26(21)29(34)30(36)27-5-3-4-13-32-27/h3-11,13,15,17-18,26,29H,12,14,16H2,1-2H3/t26?,29-/m0/s1. The summed E-state index contributed by atoms with van der Waals surface area (Å²) in [7, 11) is -3.97. The molecule has 3 heterocycles. The predicted molar refractivity (Wildman–Crippen MR) is 145 cm³/mol. The number of ketones is 1. The summed E-state index contributed by atoms with van der Waals surface area (Å²) in [5, 5.41) is 4.54. The Hall–Kier alpha value is -3.95. The largest absolute Gasteiger partial charge is 0.291 e. The van der Waals surface area contributed by atoms with E-state index < -0.39 is 16.1 Å². The van der Waals surface area contributed by atoms with Gasteiger partial charge in [-0.2, -0.15) is 9.40 Å². The summed E-state index contributed by atoms with van der Waals surface area (Å²) in [6, 6.07) is 15.3. The van der Waals surface area contributed by atoms with E-state index in [1.807, 2.05) is 19.9 Å². The van der Waals surface area contributed by atoms with Crippen molar-refractivity contribution in [1.29, 1.82) is 0 Å². The van der Waals surface area contributed by atoms with Gasteiger partial charge in [0.2, 0.25) is 10.0 Å². The molecule has 39 heavy (non-hydrogen) atoms. The first-order chi connectivity index (χ1) is 18.7. The molecule has 4 aromatic rings. The Morgan fingerprint density at radius 1 is 1.03 bits per heavy atom. The first-order valence-corrected chi connectivity index (χ1v) is 14.3. The van der Waals surface area contributed by atoms with Crippen LogP contribution in [-0.4, -0.2) is 45.9 Å². The molecular formula is C30H27FN4O3S. The van der Waals surface area contributed by atoms with Gasteiger partial charge in [-0.1, -0.05) is 17.7 Å². The van der Waals surface area contributed by atoms with Crippen molar-refractivity contribution in [3.63, 3.8) is 0 Å². The number of hydrogen-bond donors (Lipinski definition) is 0. The summed E-state index contributed by atoms with van der Waals surface area (Å²) >= 11 is 0. The molecule has 2 aliphatic rings. The maximum Gasteiger partial charge on any atom is 0.243 e. The van der Waals surface area contributed by atoms with Crippen molar-refractivity contribution in [2.24, 2.45) is 5.92 Å². The molecule has 0 radical (unpaired) electrons. The molecule has 1 aliphatic carbocycles. The highest BCUT2D eigenvalue weighted by molar-refractivity contribution is 7.89. The lowest BCUT2D eigenvalue weighted by Gasteiger charge is -2.42. The van der Waals surface area contributed by atoms with Crippen molar-refractivity contribution in [3.8, 4) is 5.69 Å². The van der Waals surface area contributed by atoms with Crippen LogP contribution in [0.25, 0.3) is 11.8 Å². The summed E-state index contributed by atoms with van der Waals surface area (Å²) in [4.78, 5) is 18.4. The molecule has 198 valence electrons. The van der Waals surface area contributed by atoms with Gasteiger partial charge in [-0.3, -0.25) is 9.78 Å². The molecule has 0 spiro atoms. The van der Waals surface area contributed by atoms with Gasteiger partial charge in [0.15, 0.2) is 5.78 Å². The zero-order valence-corrected chi connectivity index (χ0v) is 22.4. The Balaban J connectivity index is 1.43. The second kappa shape index (κ2) is 9.66. The molecule has 0 saturated carbocycles. The Morgan fingerprint density at radius 3 is 2.54 bits per heavy atom. The number of pyridine rings is 1. The number of Topliss-reactive ketones (excluding diaryl/α,β-unsaturated/α-hetero) is 1. The predicted octanol–water partition coefficient (Wildman–Crippen LogP) is 4.93. The van der Waals surface area contributed by atoms with Crippen LogP contribution in [-0.2, 0) is 16.4 Å². The van der Waals surface area contributed by atoms with Crippen LogP contribution in [0.15, 0.2) is 83.5 Å². The quantitative estimate of drug-likeness (QED) is 0.334. The van der Waals surface area contributed by atoms with Crippen LogP contribution in [0.5, 0.6) is 0 Å². The van der Waals surface area contributed by atoms with Gasteiger partial charge < -0.3 is 0 Å². The lowest BCUT2D eigenvalue weighted by molar-refractivity contribution is 0.0821. The lowest BCUT2D eigenvalue weighted by Crippen LogP contribution is -2.54. The average molecular weight is 543 g/mol. The van der Waals surface area contributed by atoms with Gasteiger partial charge in [-0.05, 0) is 98.0 Å². The third-order valence-corrected chi connectivity index (χ3v) is 9.66. The van der Waals surface area contributed by atoms with Gasteiger partial charge in [-0.15, -0.1) is 0 Å². The van der Waals surface area contributed by atoms with Gasteiger partial charge in [-0.25, -0.2) is 17.5 Å². The number of halogens is 1. The summed E-state index contributed by atoms with van der Waals surface area (Å²) in [5.74, 6) is -1.02. The molecule has 9 heteroatoms. The number of aromatic nitrogens is 3. The van der Waals surface area contributed by atoms with Crippen molar-refractivity contribution >= 4 is 21.9 Å². The molecule has 0 bridgehead atoms. The summed E-state index contributed by atoms with van der Waals surface area (Å²) in [6.45, 7) is 3.98. The lowest BCUT2D eigenvalue weighted by atomic mass is 9.76. The number of benzene rings is 2. The van der Waals surface area contributed by atoms with Crippen LogP contribution in [0.4, 0.5) is 4.39 Å². The van der Waals surface area contributed by atoms with Crippen LogP contribution < -0.4 is 0 Å². The minimum absolute atomic E-state index is 0.168. The van der Waals surface area contributed by atoms with Gasteiger partial charge in [0, 0.05) is 18.7 Å². The second-order valence-electron chi connectivity index (χ2n) is 10.1. The van der Waals surface area contributed by atoms with Crippen molar-refractivity contribution in [2.45, 2.75) is 37.6 Å². The number of carbonyl (C=O) groups excluding carboxylic acids is 1. The Labute approximate surface area is 226 Å². The van der Waals surface area contributed by atoms with Crippen molar-refractivity contribution in [1.82, 2.24) is 19.1 Å². The van der Waals surface area contributed by atoms with Crippen LogP contribution in [0.1, 0.15) is 39.3 Å². The molecule has 2 aromatic heterocycles. The highest BCUT2D eigenvalue weighted by Crippen LogP contribution is 2.41. The first-order valence-electron chi connectivity index (χ1n) is 12.8. The maximum atomic E-state index is 14.0. The van der Waals surface area contributed by atoms with Crippen molar-refractivity contribution < 1.29 is 17.6 Å². The van der Waals surface area contributed by atoms with E-state index in [9.17, 15) is 17.6 Å². The van der Waals surface area contributed by atoms with E-state index in [-0.39, 0.29) is 34.7 Å². The van der Waals surface area contributed by atoms with E-state index >= 15 is 0 Å². The van der Waals surface area contributed by atoms with Crippen LogP contribution >= 0.6 is 0 Å². The van der Waals surface area contributed by atoms with Crippen molar-refractivity contribution in [2.75, 3.05) is 6.54 Å². The third-order valence-electron chi connectivity index (χ3n) is 7.78. The Bertz CT molecular complexity index is 1710. The fourth-order valence-corrected chi connectivity index (χ4v) is 7.26. The molecular weight excluding hydrogens is 515 g/mol. The number of hydrogen-bond acceptors (Lipinski definition) is 5. The van der Waals surface area contributed by atoms with E-state index in [0.717, 1.165) is 33.6 Å². The molecule has 6 rings (SSSR count). The normalized spacial score (nSPS) is 19.2. The maximum absolute atomic E-state index is 14.0. The molecule has 1 aliphatic heterocycles. The fourth-order valence-electron chi connectivity index (χ4n) is 5.55. The van der Waals surface area contributed by atoms with Crippen LogP contribution in [0.3, 0.4) is 0 Å². The molecule has 0 amide bonds. The number of carbonyl (C=O) groups is 1. The number of rotatable bonds is 5. The Morgan fingerprint density at radius 2 is 1.82 bits per heavy atom. The summed E-state index contributed by atoms with van der Waals surface area (Å²) in [5.41, 5.74) is 5.58. The van der Waals surface area contributed by atoms with Gasteiger partial charge in [0.25, 0.3) is 0 Å². The minimum atomic E-state index is -3.97. The van der Waals surface area contributed by atoms with Gasteiger partial charge in [0.1, 0.15) is 11.5 Å². The molecule has 1 fully saturated rings. The smallest absolute Gasteiger partial charge is 0.243 e. The molecule has 0 N–H and O–H groups in total. The van der Waals surface area contributed by atoms with E-state index in [4.69, 9.17) is 0 Å². The van der Waals surface area contributed by atoms with E-state index in [0.29, 0.717) is 12.8 Å². The Kier molecular flexibility index (Phi) is 6.28. The topological polar surface area (TPSA) is 85.2 Å². The third kappa shape index (κ3) is 4.41. The SMILES string of the molecule is Cc1ccc(S(=O)(=O)N2CCC3=Cc4c(cnn4-c4ccc(F)cc4)CC3[C@H]2C(=O)c2ccccn2)cc1C. The fraction of sp³-hybridized carbons (Fsp3) is 0.233. The first kappa shape index (κ1) is 25.3. The number of sulfonamides is 1. The van der Waals surface area contributed by atoms with Gasteiger partial charge >= 0.3 is 0 Å². The molecule has 2 aromatic carbocycles. The molecule has 1 unspecified atom stereocenters. The van der Waals surface area contributed by atoms with Gasteiger partial charge in [0.05, 0.1) is 28.5 Å². The van der Waals surface area contributed by atoms with Crippen molar-refractivity contribution in [3.05, 3.63) is 113 Å². The van der Waals surface area contributed by atoms with Crippen LogP contribution in [0.2, 0.25) is 0 Å². The zero-order chi connectivity index (χ0) is 27.3. The van der Waals surface area contributed by atoms with E-state index in [1.165, 1.54) is 16.4 Å². The number of nitrogens with zero attached hydrogens (tertiary/aromatic N) is 4. The monoisotopic (exact) mass is 542 g/mol. The zero-order valence-electron chi connectivity index (χ0n) is 21.6. The van der Waals surface area contributed by atoms with Crippen LogP contribution in [0, 0.1) is 25.6 Å². The molecule has 7 nitrogen and oxygen atoms in total. The summed E-state index contributed by atoms with van der Waals surface area (Å²) in [6.07, 6.45) is 6.23. The minimum Gasteiger partial charge on any atom is -0.291 e. The molecule has 1 saturated heterocycles. The average Bonchev–Trinajstić information content (AvgIpc) is 3.35. The highest BCUT2D eigenvalue weighted by Gasteiger charge is 2.47. The number of fused-ring (bicyclic) bond motifs is 2. The number of piperidine rings is 1. The number of aryl methyl sites for hydroxylation is 2. The van der Waals surface area contributed by atoms with E-state index in [1.54, 1.807) is 65.6 Å².